The molecule has 1 aromatic carbocycles. The van der Waals surface area contributed by atoms with Crippen LogP contribution in [-0.4, -0.2) is 41.9 Å². The zero-order valence-corrected chi connectivity index (χ0v) is 14.5. The first-order valence-corrected chi connectivity index (χ1v) is 9.26. The molecule has 0 amide bonds. The minimum atomic E-state index is -3.00. The normalized spacial score (nSPS) is 46.9. The number of anilines is 1. The number of nitrogens with one attached hydrogen (secondary N) is 1. The Kier molecular flexibility index (Phi) is 2.85. The van der Waals surface area contributed by atoms with Crippen LogP contribution in [0.2, 0.25) is 0 Å². The van der Waals surface area contributed by atoms with Crippen LogP contribution in [0.3, 0.4) is 0 Å². The number of hydrogen-bond donors (Lipinski definition) is 2. The first-order valence-electron chi connectivity index (χ1n) is 10.8. The third-order valence-electron chi connectivity index (χ3n) is 7.81. The summed E-state index contributed by atoms with van der Waals surface area (Å²) in [4.78, 5) is 0. The fourth-order valence-electron chi connectivity index (χ4n) is 6.62. The fraction of sp³-hybridized carbons (Fsp3) is 0.700. The highest BCUT2D eigenvalue weighted by atomic mass is 16.3. The number of aliphatic hydroxyl groups is 1. The van der Waals surface area contributed by atoms with Crippen LogP contribution >= 0.6 is 0 Å². The lowest BCUT2D eigenvalue weighted by molar-refractivity contribution is -0.981. The van der Waals surface area contributed by atoms with Gasteiger partial charge in [0.05, 0.1) is 19.6 Å². The molecule has 24 heavy (non-hydrogen) atoms. The highest BCUT2D eigenvalue weighted by molar-refractivity contribution is 5.63. The number of nitrogens with zero attached hydrogens (tertiary/aromatic N) is 1. The van der Waals surface area contributed by atoms with Gasteiger partial charge in [-0.25, -0.2) is 0 Å². The van der Waals surface area contributed by atoms with E-state index in [4.69, 9.17) is 9.22 Å². The van der Waals surface area contributed by atoms with Crippen LogP contribution in [0.5, 0.6) is 0 Å². The molecule has 5 rings (SSSR count). The lowest BCUT2D eigenvalue weighted by atomic mass is 9.65. The van der Waals surface area contributed by atoms with Gasteiger partial charge < -0.3 is 15.5 Å². The first kappa shape index (κ1) is 13.2. The maximum Gasteiger partial charge on any atom is 0.206 e. The molecular weight excluding hydrogens is 300 g/mol. The molecule has 1 unspecified atom stereocenters. The van der Waals surface area contributed by atoms with Crippen LogP contribution in [-0.2, 0) is 5.60 Å². The molecule has 0 saturated carbocycles. The van der Waals surface area contributed by atoms with Crippen molar-refractivity contribution in [3.05, 3.63) is 29.8 Å². The van der Waals surface area contributed by atoms with Crippen molar-refractivity contribution in [1.82, 2.24) is 0 Å². The van der Waals surface area contributed by atoms with Crippen molar-refractivity contribution < 1.29 is 18.8 Å². The zero-order chi connectivity index (χ0) is 19.6. The second-order valence-electron chi connectivity index (χ2n) is 8.35. The molecule has 4 nitrogen and oxygen atoms in total. The molecule has 4 atom stereocenters. The Morgan fingerprint density at radius 1 is 1.25 bits per heavy atom. The Hall–Kier alpha value is -1.10. The average Bonchev–Trinajstić information content (AvgIpc) is 2.99. The summed E-state index contributed by atoms with van der Waals surface area (Å²) in [5, 5.41) is 24.7. The van der Waals surface area contributed by atoms with Gasteiger partial charge in [-0.2, -0.15) is 7.04 Å². The molecule has 4 aliphatic heterocycles. The Morgan fingerprint density at radius 2 is 2.04 bits per heavy atom. The van der Waals surface area contributed by atoms with Crippen molar-refractivity contribution in [2.45, 2.75) is 56.7 Å². The van der Waals surface area contributed by atoms with Gasteiger partial charge in [-0.3, -0.25) is 4.48 Å². The number of rotatable bonds is 1. The van der Waals surface area contributed by atoms with Crippen molar-refractivity contribution >= 4 is 5.69 Å². The molecular formula is C20H30N2O2. The summed E-state index contributed by atoms with van der Waals surface area (Å²) in [7, 11) is -3.00. The third-order valence-corrected chi connectivity index (χ3v) is 7.81. The minimum absolute atomic E-state index is 0.157. The van der Waals surface area contributed by atoms with Gasteiger partial charge in [0.15, 0.2) is 5.60 Å². The van der Waals surface area contributed by atoms with E-state index in [1.165, 1.54) is 44.5 Å². The highest BCUT2D eigenvalue weighted by Gasteiger charge is 2.76. The number of benzene rings is 1. The number of piperidine rings is 2. The van der Waals surface area contributed by atoms with Gasteiger partial charge >= 0.3 is 0 Å². The quantitative estimate of drug-likeness (QED) is 0.775. The van der Waals surface area contributed by atoms with Crippen LogP contribution in [0.25, 0.3) is 0 Å². The average molecular weight is 333 g/mol. The van der Waals surface area contributed by atoms with Gasteiger partial charge in [0.25, 0.3) is 0 Å². The second-order valence-corrected chi connectivity index (χ2v) is 8.35. The predicted molar refractivity (Wildman–Crippen MR) is 93.3 cm³/mol. The zero-order valence-electron chi connectivity index (χ0n) is 17.5. The van der Waals surface area contributed by atoms with Crippen molar-refractivity contribution in [2.75, 3.05) is 32.0 Å². The number of hydrogen-bond acceptors (Lipinski definition) is 3. The molecule has 3 saturated heterocycles. The summed E-state index contributed by atoms with van der Waals surface area (Å²) in [5.74, 6) is 0. The standard InChI is InChI=1S/C19H27N2O.CH3O/c1-2-17-8-5-12-21(14-17)13-11-18(22)15-6-3-4-7-16(15)20-19(18,21)10-9-17;1-2/h3-4,6-7,20,22H,2,5,8-14H2,1H3;1H3/q+1;-1/t17-,18+,19-,21?;/m1./s1/i;1D3. The summed E-state index contributed by atoms with van der Waals surface area (Å²) in [6, 6.07) is 8.47. The Balaban J connectivity index is 0.000000323. The van der Waals surface area contributed by atoms with E-state index in [9.17, 15) is 5.11 Å². The van der Waals surface area contributed by atoms with Crippen molar-refractivity contribution in [3.8, 4) is 0 Å². The van der Waals surface area contributed by atoms with Crippen molar-refractivity contribution in [1.29, 1.82) is 0 Å². The van der Waals surface area contributed by atoms with E-state index in [0.29, 0.717) is 5.41 Å². The second kappa shape index (κ2) is 5.20. The number of para-hydroxylation sites is 1. The van der Waals surface area contributed by atoms with Crippen LogP contribution in [0.4, 0.5) is 5.69 Å². The maximum absolute atomic E-state index is 11.8. The molecule has 4 heteroatoms. The molecule has 0 aliphatic carbocycles. The van der Waals surface area contributed by atoms with Crippen LogP contribution in [0, 0.1) is 5.41 Å². The summed E-state index contributed by atoms with van der Waals surface area (Å²) in [6.45, 7) is 6.02. The molecule has 0 aromatic heterocycles. The molecule has 2 bridgehead atoms. The van der Waals surface area contributed by atoms with Crippen molar-refractivity contribution in [2.24, 2.45) is 5.41 Å². The van der Waals surface area contributed by atoms with E-state index < -0.39 is 12.6 Å². The lowest BCUT2D eigenvalue weighted by Crippen LogP contribution is -2.75. The lowest BCUT2D eigenvalue weighted by Gasteiger charge is -2.61. The molecule has 2 N–H and O–H groups in total. The number of fused-ring (bicyclic) bond motifs is 3. The first-order chi connectivity index (χ1) is 12.6. The molecule has 4 aliphatic rings. The van der Waals surface area contributed by atoms with Gasteiger partial charge in [0.1, 0.15) is 0 Å². The summed E-state index contributed by atoms with van der Waals surface area (Å²) < 4.78 is 18.3. The van der Waals surface area contributed by atoms with Crippen LogP contribution < -0.4 is 10.4 Å². The molecule has 4 heterocycles. The molecule has 132 valence electrons. The van der Waals surface area contributed by atoms with E-state index in [-0.39, 0.29) is 5.66 Å². The maximum atomic E-state index is 11.8. The molecule has 1 aromatic rings. The number of quaternary nitrogens is 1. The molecule has 2 spiro atoms. The van der Waals surface area contributed by atoms with E-state index >= 15 is 0 Å². The Bertz CT molecular complexity index is 736. The Labute approximate surface area is 149 Å². The molecule has 3 fully saturated rings. The van der Waals surface area contributed by atoms with Gasteiger partial charge in [0, 0.05) is 33.6 Å². The van der Waals surface area contributed by atoms with E-state index in [2.05, 4.69) is 36.5 Å². The van der Waals surface area contributed by atoms with Gasteiger partial charge in [-0.15, -0.1) is 0 Å². The monoisotopic (exact) mass is 333 g/mol. The van der Waals surface area contributed by atoms with Gasteiger partial charge in [-0.1, -0.05) is 25.1 Å². The SMILES string of the molecule is CC[C@@]12CCC[N+]3(CC[C@]4(O)c5ccccc5N[C@@]43CC1)C2.[2H]C([2H])([2H])[O-]. The topological polar surface area (TPSA) is 55.3 Å². The van der Waals surface area contributed by atoms with E-state index in [1.807, 2.05) is 0 Å². The summed E-state index contributed by atoms with van der Waals surface area (Å²) in [5.41, 5.74) is 2.04. The highest BCUT2D eigenvalue weighted by Crippen LogP contribution is 2.64. The van der Waals surface area contributed by atoms with Gasteiger partial charge in [-0.05, 0) is 31.7 Å². The van der Waals surface area contributed by atoms with Gasteiger partial charge in [0.2, 0.25) is 5.66 Å². The third kappa shape index (κ3) is 1.69. The van der Waals surface area contributed by atoms with E-state index in [1.54, 1.807) is 0 Å². The van der Waals surface area contributed by atoms with Crippen LogP contribution in [0.1, 0.15) is 55.1 Å². The smallest absolute Gasteiger partial charge is 0.206 e. The summed E-state index contributed by atoms with van der Waals surface area (Å²) in [6.07, 6.45) is 7.32. The Morgan fingerprint density at radius 3 is 2.83 bits per heavy atom. The summed E-state index contributed by atoms with van der Waals surface area (Å²) >= 11 is 0. The largest absolute Gasteiger partial charge is 0.857 e. The van der Waals surface area contributed by atoms with E-state index in [0.717, 1.165) is 29.4 Å². The predicted octanol–water partition coefficient (Wildman–Crippen LogP) is 2.18. The fourth-order valence-corrected chi connectivity index (χ4v) is 6.62. The molecule has 0 radical (unpaired) electrons. The van der Waals surface area contributed by atoms with Crippen LogP contribution in [0.15, 0.2) is 24.3 Å². The minimum Gasteiger partial charge on any atom is -0.857 e. The van der Waals surface area contributed by atoms with Crippen molar-refractivity contribution in [3.63, 3.8) is 0 Å².